The molecule has 6 heteroatoms. The average molecular weight is 365 g/mol. The third-order valence-electron chi connectivity index (χ3n) is 4.71. The summed E-state index contributed by atoms with van der Waals surface area (Å²) in [6, 6.07) is 13.0. The molecular weight excluding hydrogens is 351 g/mol. The van der Waals surface area contributed by atoms with E-state index in [1.165, 1.54) is 17.2 Å². The topological polar surface area (TPSA) is 43.6 Å². The number of rotatable bonds is 3. The van der Waals surface area contributed by atoms with Gasteiger partial charge in [-0.15, -0.1) is 0 Å². The minimum absolute atomic E-state index is 0.267. The highest BCUT2D eigenvalue weighted by atomic mass is 35.5. The Balaban J connectivity index is 1.41. The summed E-state index contributed by atoms with van der Waals surface area (Å²) in [5.74, 6) is 1.14. The third kappa shape index (κ3) is 2.47. The molecule has 0 unspecified atom stereocenters. The summed E-state index contributed by atoms with van der Waals surface area (Å²) in [6.45, 7) is 0.849. The van der Waals surface area contributed by atoms with Gasteiger partial charge < -0.3 is 4.57 Å². The molecule has 2 aromatic carbocycles. The van der Waals surface area contributed by atoms with Crippen molar-refractivity contribution in [2.75, 3.05) is 0 Å². The van der Waals surface area contributed by atoms with Gasteiger partial charge in [0, 0.05) is 30.1 Å². The Morgan fingerprint density at radius 2 is 1.88 bits per heavy atom. The molecule has 0 N–H and O–H groups in total. The monoisotopic (exact) mass is 364 g/mol. The van der Waals surface area contributed by atoms with Gasteiger partial charge in [0.15, 0.2) is 0 Å². The zero-order valence-electron chi connectivity index (χ0n) is 13.8. The summed E-state index contributed by atoms with van der Waals surface area (Å²) >= 11 is 6.20. The molecule has 0 saturated heterocycles. The Hall–Kier alpha value is -2.79. The van der Waals surface area contributed by atoms with E-state index in [-0.39, 0.29) is 16.5 Å². The summed E-state index contributed by atoms with van der Waals surface area (Å²) in [7, 11) is 0. The smallest absolute Gasteiger partial charge is 0.149 e. The van der Waals surface area contributed by atoms with Gasteiger partial charge in [-0.05, 0) is 24.1 Å². The zero-order valence-corrected chi connectivity index (χ0v) is 14.5. The van der Waals surface area contributed by atoms with E-state index in [1.807, 2.05) is 12.1 Å². The summed E-state index contributed by atoms with van der Waals surface area (Å²) < 4.78 is 16.2. The number of aryl methyl sites for hydroxylation is 2. The van der Waals surface area contributed by atoms with E-state index in [9.17, 15) is 4.39 Å². The number of halogens is 2. The van der Waals surface area contributed by atoms with Crippen molar-refractivity contribution in [2.45, 2.75) is 19.4 Å². The fraction of sp³-hybridized carbons (Fsp3) is 0.150. The summed E-state index contributed by atoms with van der Waals surface area (Å²) in [5, 5.41) is 0.818. The van der Waals surface area contributed by atoms with Crippen LogP contribution in [0, 0.1) is 5.82 Å². The molecule has 0 fully saturated rings. The van der Waals surface area contributed by atoms with E-state index in [2.05, 4.69) is 32.9 Å². The maximum absolute atomic E-state index is 14.0. The molecule has 0 bridgehead atoms. The number of fused-ring (bicyclic) bond motifs is 4. The Kier molecular flexibility index (Phi) is 3.50. The lowest BCUT2D eigenvalue weighted by molar-refractivity contribution is 0.635. The van der Waals surface area contributed by atoms with Gasteiger partial charge in [0.2, 0.25) is 0 Å². The van der Waals surface area contributed by atoms with Gasteiger partial charge >= 0.3 is 0 Å². The first-order valence-electron chi connectivity index (χ1n) is 8.44. The van der Waals surface area contributed by atoms with Gasteiger partial charge in [-0.2, -0.15) is 0 Å². The first-order valence-corrected chi connectivity index (χ1v) is 8.82. The lowest BCUT2D eigenvalue weighted by Crippen LogP contribution is -2.01. The van der Waals surface area contributed by atoms with Gasteiger partial charge in [0.05, 0.1) is 5.69 Å². The zero-order chi connectivity index (χ0) is 17.7. The molecule has 4 aromatic rings. The lowest BCUT2D eigenvalue weighted by Gasteiger charge is -2.04. The van der Waals surface area contributed by atoms with Crippen molar-refractivity contribution < 1.29 is 4.39 Å². The molecule has 0 amide bonds. The fourth-order valence-corrected chi connectivity index (χ4v) is 3.71. The molecule has 1 aliphatic rings. The average Bonchev–Trinajstić information content (AvgIpc) is 3.18. The van der Waals surface area contributed by atoms with E-state index in [0.717, 1.165) is 18.1 Å². The quantitative estimate of drug-likeness (QED) is 0.445. The highest BCUT2D eigenvalue weighted by Crippen LogP contribution is 2.31. The molecule has 0 spiro atoms. The number of nitrogens with zero attached hydrogens (tertiary/aromatic N) is 4. The van der Waals surface area contributed by atoms with Crippen LogP contribution in [-0.2, 0) is 19.4 Å². The fourth-order valence-electron chi connectivity index (χ4n) is 3.46. The molecule has 5 rings (SSSR count). The Morgan fingerprint density at radius 3 is 2.81 bits per heavy atom. The maximum Gasteiger partial charge on any atom is 0.149 e. The first-order chi connectivity index (χ1) is 12.7. The van der Waals surface area contributed by atoms with Crippen LogP contribution in [0.4, 0.5) is 4.39 Å². The molecule has 3 heterocycles. The van der Waals surface area contributed by atoms with Crippen LogP contribution >= 0.6 is 11.6 Å². The van der Waals surface area contributed by atoms with Crippen molar-refractivity contribution in [1.29, 1.82) is 0 Å². The third-order valence-corrected chi connectivity index (χ3v) is 5.00. The van der Waals surface area contributed by atoms with Gasteiger partial charge in [-0.25, -0.2) is 19.3 Å². The van der Waals surface area contributed by atoms with Crippen LogP contribution in [0.5, 0.6) is 0 Å². The van der Waals surface area contributed by atoms with Gasteiger partial charge in [0.1, 0.15) is 28.1 Å². The Morgan fingerprint density at radius 1 is 1.00 bits per heavy atom. The highest BCUT2D eigenvalue weighted by molar-refractivity contribution is 6.34. The van der Waals surface area contributed by atoms with Crippen molar-refractivity contribution in [3.63, 3.8) is 0 Å². The molecular formula is C20H14ClFN4. The minimum atomic E-state index is -0.384. The van der Waals surface area contributed by atoms with Crippen molar-refractivity contribution in [1.82, 2.24) is 19.5 Å². The van der Waals surface area contributed by atoms with Crippen LogP contribution in [0.15, 0.2) is 48.7 Å². The largest absolute Gasteiger partial charge is 0.326 e. The Bertz CT molecular complexity index is 1150. The van der Waals surface area contributed by atoms with Crippen molar-refractivity contribution in [3.05, 3.63) is 76.7 Å². The predicted molar refractivity (Wildman–Crippen MR) is 98.7 cm³/mol. The number of hydrogen-bond donors (Lipinski definition) is 0. The van der Waals surface area contributed by atoms with Crippen molar-refractivity contribution in [3.8, 4) is 11.4 Å². The molecule has 26 heavy (non-hydrogen) atoms. The Labute approximate surface area is 154 Å². The number of hydrogen-bond acceptors (Lipinski definition) is 3. The van der Waals surface area contributed by atoms with Crippen LogP contribution in [0.1, 0.15) is 17.1 Å². The molecule has 0 aliphatic carbocycles. The maximum atomic E-state index is 14.0. The second kappa shape index (κ2) is 5.88. The molecule has 2 aromatic heterocycles. The van der Waals surface area contributed by atoms with E-state index >= 15 is 0 Å². The molecule has 0 saturated carbocycles. The standard InChI is InChI=1S/C20H14ClFN4/c21-19-15-6-3-7-16(22)18(15)24-17(25-19)9-8-13-11-26-10-12-4-1-2-5-14(12)20(26)23-13/h1-7,11H,8-10H2. The van der Waals surface area contributed by atoms with Crippen LogP contribution in [-0.4, -0.2) is 19.5 Å². The molecule has 128 valence electrons. The first kappa shape index (κ1) is 15.5. The lowest BCUT2D eigenvalue weighted by atomic mass is 10.1. The molecule has 1 aliphatic heterocycles. The van der Waals surface area contributed by atoms with Crippen LogP contribution in [0.2, 0.25) is 5.15 Å². The van der Waals surface area contributed by atoms with Crippen LogP contribution in [0.25, 0.3) is 22.3 Å². The van der Waals surface area contributed by atoms with Crippen LogP contribution in [0.3, 0.4) is 0 Å². The summed E-state index contributed by atoms with van der Waals surface area (Å²) in [6.07, 6.45) is 3.30. The molecule has 4 nitrogen and oxygen atoms in total. The molecule has 0 atom stereocenters. The van der Waals surface area contributed by atoms with Gasteiger partial charge in [0.25, 0.3) is 0 Å². The highest BCUT2D eigenvalue weighted by Gasteiger charge is 2.20. The van der Waals surface area contributed by atoms with Crippen LogP contribution < -0.4 is 0 Å². The SMILES string of the molecule is Fc1cccc2c(Cl)nc(CCc3cn4c(n3)-c3ccccc3C4)nc12. The summed E-state index contributed by atoms with van der Waals surface area (Å²) in [4.78, 5) is 13.4. The van der Waals surface area contributed by atoms with E-state index < -0.39 is 0 Å². The minimum Gasteiger partial charge on any atom is -0.326 e. The van der Waals surface area contributed by atoms with E-state index in [0.29, 0.717) is 24.1 Å². The number of aromatic nitrogens is 4. The number of para-hydroxylation sites is 1. The molecule has 0 radical (unpaired) electrons. The second-order valence-corrected chi connectivity index (χ2v) is 6.77. The van der Waals surface area contributed by atoms with Gasteiger partial charge in [-0.1, -0.05) is 41.9 Å². The van der Waals surface area contributed by atoms with E-state index in [1.54, 1.807) is 12.1 Å². The van der Waals surface area contributed by atoms with Crippen molar-refractivity contribution in [2.24, 2.45) is 0 Å². The number of benzene rings is 2. The number of imidazole rings is 1. The second-order valence-electron chi connectivity index (χ2n) is 6.41. The van der Waals surface area contributed by atoms with Crippen molar-refractivity contribution >= 4 is 22.5 Å². The summed E-state index contributed by atoms with van der Waals surface area (Å²) in [5.41, 5.74) is 3.72. The van der Waals surface area contributed by atoms with Gasteiger partial charge in [-0.3, -0.25) is 0 Å². The predicted octanol–water partition coefficient (Wildman–Crippen LogP) is 4.43. The van der Waals surface area contributed by atoms with E-state index in [4.69, 9.17) is 16.6 Å². The normalized spacial score (nSPS) is 12.4.